The lowest BCUT2D eigenvalue weighted by atomic mass is 10.1. The van der Waals surface area contributed by atoms with Crippen LogP contribution in [-0.2, 0) is 0 Å². The number of nitrogens with one attached hydrogen (secondary N) is 1. The molecule has 0 aliphatic heterocycles. The van der Waals surface area contributed by atoms with E-state index in [-0.39, 0.29) is 11.7 Å². The van der Waals surface area contributed by atoms with Crippen LogP contribution in [-0.4, -0.2) is 27.2 Å². The topological polar surface area (TPSA) is 87.0 Å². The predicted octanol–water partition coefficient (Wildman–Crippen LogP) is 3.07. The van der Waals surface area contributed by atoms with Crippen LogP contribution in [0.4, 0.5) is 5.69 Å². The number of rotatable bonds is 5. The van der Waals surface area contributed by atoms with Crippen molar-refractivity contribution in [1.82, 2.24) is 0 Å². The second kappa shape index (κ2) is 7.18. The molecule has 26 heavy (non-hydrogen) atoms. The monoisotopic (exact) mass is 355 g/mol. The van der Waals surface area contributed by atoms with Crippen molar-refractivity contribution < 1.29 is 23.4 Å². The summed E-state index contributed by atoms with van der Waals surface area (Å²) in [6, 6.07) is 11.2. The molecule has 0 bridgehead atoms. The maximum absolute atomic E-state index is 12.7. The summed E-state index contributed by atoms with van der Waals surface area (Å²) in [6.45, 7) is 0. The van der Waals surface area contributed by atoms with Crippen molar-refractivity contribution in [3.05, 3.63) is 58.4 Å². The number of fused-ring (bicyclic) bond motifs is 1. The van der Waals surface area contributed by atoms with Gasteiger partial charge in [-0.1, -0.05) is 0 Å². The summed E-state index contributed by atoms with van der Waals surface area (Å²) in [5.74, 6) is 0.695. The number of hydrogen-bond donors (Lipinski definition) is 1. The third-order valence-electron chi connectivity index (χ3n) is 3.83. The van der Waals surface area contributed by atoms with Crippen LogP contribution in [0.3, 0.4) is 0 Å². The number of carbonyl (C=O) groups excluding carboxylic acids is 1. The molecule has 0 aliphatic carbocycles. The van der Waals surface area contributed by atoms with Gasteiger partial charge in [-0.25, -0.2) is 4.79 Å². The Bertz CT molecular complexity index is 1020. The van der Waals surface area contributed by atoms with E-state index in [2.05, 4.69) is 5.32 Å². The molecular weight excluding hydrogens is 338 g/mol. The highest BCUT2D eigenvalue weighted by atomic mass is 16.5. The normalized spacial score (nSPS) is 10.4. The van der Waals surface area contributed by atoms with E-state index in [0.29, 0.717) is 33.7 Å². The van der Waals surface area contributed by atoms with Gasteiger partial charge in [0.05, 0.1) is 26.9 Å². The Morgan fingerprint density at radius 2 is 1.69 bits per heavy atom. The third kappa shape index (κ3) is 3.19. The van der Waals surface area contributed by atoms with Gasteiger partial charge in [0.2, 0.25) is 5.75 Å². The second-order valence-corrected chi connectivity index (χ2v) is 5.34. The Kier molecular flexibility index (Phi) is 4.79. The Morgan fingerprint density at radius 3 is 2.38 bits per heavy atom. The van der Waals surface area contributed by atoms with Crippen LogP contribution in [0, 0.1) is 0 Å². The minimum atomic E-state index is -0.427. The molecule has 2 aromatic carbocycles. The largest absolute Gasteiger partial charge is 0.493 e. The smallest absolute Gasteiger partial charge is 0.336 e. The maximum Gasteiger partial charge on any atom is 0.336 e. The molecule has 0 saturated carbocycles. The van der Waals surface area contributed by atoms with E-state index in [1.54, 1.807) is 36.4 Å². The summed E-state index contributed by atoms with van der Waals surface area (Å²) in [7, 11) is 4.43. The van der Waals surface area contributed by atoms with Crippen LogP contribution in [0.5, 0.6) is 17.2 Å². The molecule has 1 aromatic heterocycles. The maximum atomic E-state index is 12.7. The molecule has 3 aromatic rings. The Labute approximate surface area is 149 Å². The highest BCUT2D eigenvalue weighted by molar-refractivity contribution is 6.07. The van der Waals surface area contributed by atoms with E-state index in [1.807, 2.05) is 0 Å². The number of ether oxygens (including phenoxy) is 3. The molecule has 0 atom stereocenters. The highest BCUT2D eigenvalue weighted by Crippen LogP contribution is 2.40. The van der Waals surface area contributed by atoms with E-state index < -0.39 is 5.63 Å². The molecule has 7 nitrogen and oxygen atoms in total. The number of anilines is 1. The van der Waals surface area contributed by atoms with Gasteiger partial charge < -0.3 is 23.9 Å². The average molecular weight is 355 g/mol. The minimum Gasteiger partial charge on any atom is -0.493 e. The Hall–Kier alpha value is -3.48. The summed E-state index contributed by atoms with van der Waals surface area (Å²) < 4.78 is 20.9. The molecular formula is C19H17NO6. The first-order valence-electron chi connectivity index (χ1n) is 7.71. The lowest BCUT2D eigenvalue weighted by Gasteiger charge is -2.15. The predicted molar refractivity (Wildman–Crippen MR) is 96.5 cm³/mol. The molecule has 3 rings (SSSR count). The number of hydrogen-bond acceptors (Lipinski definition) is 6. The molecule has 1 heterocycles. The quantitative estimate of drug-likeness (QED) is 0.708. The third-order valence-corrected chi connectivity index (χ3v) is 3.83. The van der Waals surface area contributed by atoms with Crippen molar-refractivity contribution in [3.8, 4) is 17.2 Å². The molecule has 0 unspecified atom stereocenters. The lowest BCUT2D eigenvalue weighted by Crippen LogP contribution is -2.14. The van der Waals surface area contributed by atoms with E-state index in [4.69, 9.17) is 18.6 Å². The van der Waals surface area contributed by atoms with Gasteiger partial charge in [0.25, 0.3) is 5.91 Å². The van der Waals surface area contributed by atoms with Gasteiger partial charge in [-0.2, -0.15) is 0 Å². The summed E-state index contributed by atoms with van der Waals surface area (Å²) in [5.41, 5.74) is 0.863. The Balaban J connectivity index is 1.95. The first-order chi connectivity index (χ1) is 12.6. The lowest BCUT2D eigenvalue weighted by molar-refractivity contribution is 0.102. The molecule has 1 N–H and O–H groups in total. The minimum absolute atomic E-state index is 0.274. The number of methoxy groups -OCH3 is 3. The fourth-order valence-corrected chi connectivity index (χ4v) is 2.63. The van der Waals surface area contributed by atoms with Gasteiger partial charge in [-0.05, 0) is 36.4 Å². The molecule has 0 spiro atoms. The number of carbonyl (C=O) groups is 1. The van der Waals surface area contributed by atoms with Gasteiger partial charge in [-0.3, -0.25) is 4.79 Å². The van der Waals surface area contributed by atoms with Gasteiger partial charge in [-0.15, -0.1) is 0 Å². The van der Waals surface area contributed by atoms with E-state index in [9.17, 15) is 9.59 Å². The van der Waals surface area contributed by atoms with Crippen molar-refractivity contribution in [1.29, 1.82) is 0 Å². The molecule has 134 valence electrons. The molecule has 7 heteroatoms. The van der Waals surface area contributed by atoms with Crippen LogP contribution < -0.4 is 25.2 Å². The molecule has 1 amide bonds. The zero-order valence-corrected chi connectivity index (χ0v) is 14.5. The first-order valence-corrected chi connectivity index (χ1v) is 7.71. The van der Waals surface area contributed by atoms with E-state index in [1.165, 1.54) is 27.4 Å². The zero-order valence-electron chi connectivity index (χ0n) is 14.5. The summed E-state index contributed by atoms with van der Waals surface area (Å²) >= 11 is 0. The highest BCUT2D eigenvalue weighted by Gasteiger charge is 2.20. The van der Waals surface area contributed by atoms with Crippen LogP contribution in [0.15, 0.2) is 51.7 Å². The fraction of sp³-hybridized carbons (Fsp3) is 0.158. The van der Waals surface area contributed by atoms with E-state index in [0.717, 1.165) is 0 Å². The van der Waals surface area contributed by atoms with E-state index >= 15 is 0 Å². The van der Waals surface area contributed by atoms with Gasteiger partial charge in [0.1, 0.15) is 5.58 Å². The van der Waals surface area contributed by atoms with Crippen LogP contribution in [0.1, 0.15) is 10.4 Å². The van der Waals surface area contributed by atoms with Crippen LogP contribution >= 0.6 is 0 Å². The van der Waals surface area contributed by atoms with Crippen molar-refractivity contribution in [2.45, 2.75) is 0 Å². The van der Waals surface area contributed by atoms with Crippen LogP contribution in [0.2, 0.25) is 0 Å². The van der Waals surface area contributed by atoms with Gasteiger partial charge in [0, 0.05) is 17.1 Å². The van der Waals surface area contributed by atoms with Crippen molar-refractivity contribution in [3.63, 3.8) is 0 Å². The standard InChI is InChI=1S/C19H17NO6/c1-23-15-8-6-13(17(24-2)18(15)25-3)19(22)20-12-5-7-14-11(10-12)4-9-16(21)26-14/h4-10H,1-3H3,(H,20,22). The van der Waals surface area contributed by atoms with Crippen molar-refractivity contribution >= 4 is 22.6 Å². The molecule has 0 saturated heterocycles. The molecule has 0 radical (unpaired) electrons. The van der Waals surface area contributed by atoms with Crippen molar-refractivity contribution in [2.75, 3.05) is 26.6 Å². The fourth-order valence-electron chi connectivity index (χ4n) is 2.63. The summed E-state index contributed by atoms with van der Waals surface area (Å²) in [5, 5.41) is 3.49. The zero-order chi connectivity index (χ0) is 18.7. The summed E-state index contributed by atoms with van der Waals surface area (Å²) in [6.07, 6.45) is 0. The molecule has 0 aliphatic rings. The summed E-state index contributed by atoms with van der Waals surface area (Å²) in [4.78, 5) is 23.9. The Morgan fingerprint density at radius 1 is 0.923 bits per heavy atom. The SMILES string of the molecule is COc1ccc(C(=O)Nc2ccc3oc(=O)ccc3c2)c(OC)c1OC. The van der Waals surface area contributed by atoms with Crippen molar-refractivity contribution in [2.24, 2.45) is 0 Å². The van der Waals surface area contributed by atoms with Crippen LogP contribution in [0.25, 0.3) is 11.0 Å². The average Bonchev–Trinajstić information content (AvgIpc) is 2.66. The second-order valence-electron chi connectivity index (χ2n) is 5.34. The van der Waals surface area contributed by atoms with Gasteiger partial charge >= 0.3 is 5.63 Å². The first kappa shape index (κ1) is 17.3. The van der Waals surface area contributed by atoms with Gasteiger partial charge in [0.15, 0.2) is 11.5 Å². The number of benzene rings is 2. The molecule has 0 fully saturated rings. The number of amides is 1.